The second-order valence-electron chi connectivity index (χ2n) is 3.30. The van der Waals surface area contributed by atoms with Crippen molar-refractivity contribution in [1.29, 1.82) is 0 Å². The van der Waals surface area contributed by atoms with Gasteiger partial charge in [-0.15, -0.1) is 10.2 Å². The van der Waals surface area contributed by atoms with Crippen molar-refractivity contribution in [1.82, 2.24) is 10.2 Å². The lowest BCUT2D eigenvalue weighted by atomic mass is 10.2. The molecule has 0 fully saturated rings. The first kappa shape index (κ1) is 12.5. The Kier molecular flexibility index (Phi) is 3.76. The fraction of sp³-hybridized carbons (Fsp3) is 0.100. The second-order valence-corrected chi connectivity index (χ2v) is 5.71. The van der Waals surface area contributed by atoms with Crippen LogP contribution in [0.25, 0.3) is 0 Å². The number of rotatable bonds is 2. The fourth-order valence-electron chi connectivity index (χ4n) is 1.19. The standard InChI is InChI=1S/C10H7BrClN3OS/c1-5-2-3-7(6(11)4-5)13-8(16)9-14-15-10(12)17-9/h2-4H,1H3,(H,13,16). The number of halogens is 2. The molecule has 2 rings (SSSR count). The highest BCUT2D eigenvalue weighted by molar-refractivity contribution is 9.10. The molecular weight excluding hydrogens is 326 g/mol. The summed E-state index contributed by atoms with van der Waals surface area (Å²) < 4.78 is 1.07. The molecule has 2 aromatic rings. The van der Waals surface area contributed by atoms with Gasteiger partial charge in [-0.2, -0.15) is 0 Å². The summed E-state index contributed by atoms with van der Waals surface area (Å²) >= 11 is 10.0. The number of amides is 1. The highest BCUT2D eigenvalue weighted by Gasteiger charge is 2.13. The number of aromatic nitrogens is 2. The van der Waals surface area contributed by atoms with E-state index in [1.807, 2.05) is 25.1 Å². The number of hydrogen-bond acceptors (Lipinski definition) is 4. The van der Waals surface area contributed by atoms with Crippen molar-refractivity contribution >= 4 is 50.5 Å². The number of nitrogens with one attached hydrogen (secondary N) is 1. The summed E-state index contributed by atoms with van der Waals surface area (Å²) in [4.78, 5) is 11.8. The number of carbonyl (C=O) groups excluding carboxylic acids is 1. The van der Waals surface area contributed by atoms with Gasteiger partial charge in [0.05, 0.1) is 5.69 Å². The molecule has 0 aliphatic carbocycles. The number of aryl methyl sites for hydroxylation is 1. The Hall–Kier alpha value is -0.980. The molecular formula is C10H7BrClN3OS. The lowest BCUT2D eigenvalue weighted by molar-refractivity contribution is 0.102. The summed E-state index contributed by atoms with van der Waals surface area (Å²) in [5.41, 5.74) is 1.79. The molecule has 0 aliphatic rings. The van der Waals surface area contributed by atoms with Gasteiger partial charge in [-0.25, -0.2) is 0 Å². The van der Waals surface area contributed by atoms with Crippen LogP contribution >= 0.6 is 38.9 Å². The summed E-state index contributed by atoms with van der Waals surface area (Å²) in [5, 5.41) is 10.2. The smallest absolute Gasteiger partial charge is 0.286 e. The van der Waals surface area contributed by atoms with Crippen molar-refractivity contribution in [2.45, 2.75) is 6.92 Å². The molecule has 0 saturated heterocycles. The lowest BCUT2D eigenvalue weighted by Gasteiger charge is -2.05. The van der Waals surface area contributed by atoms with Gasteiger partial charge in [0.1, 0.15) is 0 Å². The minimum Gasteiger partial charge on any atom is -0.319 e. The predicted octanol–water partition coefficient (Wildman–Crippen LogP) is 3.51. The molecule has 1 aromatic heterocycles. The lowest BCUT2D eigenvalue weighted by Crippen LogP contribution is -2.12. The van der Waals surface area contributed by atoms with E-state index in [1.54, 1.807) is 0 Å². The van der Waals surface area contributed by atoms with Crippen LogP contribution in [0.15, 0.2) is 22.7 Å². The monoisotopic (exact) mass is 331 g/mol. The maximum Gasteiger partial charge on any atom is 0.286 e. The van der Waals surface area contributed by atoms with E-state index in [0.717, 1.165) is 21.4 Å². The molecule has 0 unspecified atom stereocenters. The molecule has 0 spiro atoms. The predicted molar refractivity (Wildman–Crippen MR) is 71.8 cm³/mol. The van der Waals surface area contributed by atoms with Crippen molar-refractivity contribution < 1.29 is 4.79 Å². The van der Waals surface area contributed by atoms with Gasteiger partial charge >= 0.3 is 0 Å². The van der Waals surface area contributed by atoms with Crippen LogP contribution in [-0.4, -0.2) is 16.1 Å². The Morgan fingerprint density at radius 3 is 2.82 bits per heavy atom. The van der Waals surface area contributed by atoms with Gasteiger partial charge in [-0.3, -0.25) is 4.79 Å². The van der Waals surface area contributed by atoms with Gasteiger partial charge in [-0.05, 0) is 52.2 Å². The maximum atomic E-state index is 11.8. The van der Waals surface area contributed by atoms with Crippen LogP contribution in [0.1, 0.15) is 15.4 Å². The molecule has 1 N–H and O–H groups in total. The Morgan fingerprint density at radius 1 is 1.47 bits per heavy atom. The van der Waals surface area contributed by atoms with Crippen molar-refractivity contribution in [3.63, 3.8) is 0 Å². The third kappa shape index (κ3) is 3.02. The molecule has 1 aromatic carbocycles. The Morgan fingerprint density at radius 2 is 2.24 bits per heavy atom. The molecule has 88 valence electrons. The minimum absolute atomic E-state index is 0.238. The summed E-state index contributed by atoms with van der Waals surface area (Å²) in [5.74, 6) is -0.320. The number of benzene rings is 1. The Balaban J connectivity index is 2.18. The van der Waals surface area contributed by atoms with Crippen LogP contribution < -0.4 is 5.32 Å². The number of carbonyl (C=O) groups is 1. The Labute approximate surface area is 115 Å². The highest BCUT2D eigenvalue weighted by Crippen LogP contribution is 2.24. The highest BCUT2D eigenvalue weighted by atomic mass is 79.9. The number of nitrogens with zero attached hydrogens (tertiary/aromatic N) is 2. The first-order chi connectivity index (χ1) is 8.06. The van der Waals surface area contributed by atoms with Crippen LogP contribution in [0.4, 0.5) is 5.69 Å². The topological polar surface area (TPSA) is 54.9 Å². The van der Waals surface area contributed by atoms with E-state index >= 15 is 0 Å². The number of anilines is 1. The zero-order valence-electron chi connectivity index (χ0n) is 8.70. The quantitative estimate of drug-likeness (QED) is 0.915. The summed E-state index contributed by atoms with van der Waals surface area (Å²) in [6, 6.07) is 5.65. The van der Waals surface area contributed by atoms with Crippen molar-refractivity contribution in [3.8, 4) is 0 Å². The van der Waals surface area contributed by atoms with Gasteiger partial charge in [0.15, 0.2) is 0 Å². The fourth-order valence-corrected chi connectivity index (χ4v) is 2.51. The number of hydrogen-bond donors (Lipinski definition) is 1. The third-order valence-corrected chi connectivity index (χ3v) is 3.64. The third-order valence-electron chi connectivity index (χ3n) is 1.97. The minimum atomic E-state index is -0.320. The molecule has 17 heavy (non-hydrogen) atoms. The summed E-state index contributed by atoms with van der Waals surface area (Å²) in [6.45, 7) is 1.97. The van der Waals surface area contributed by atoms with Crippen molar-refractivity contribution in [3.05, 3.63) is 37.7 Å². The SMILES string of the molecule is Cc1ccc(NC(=O)c2nnc(Cl)s2)c(Br)c1. The van der Waals surface area contributed by atoms with Crippen LogP contribution in [0.3, 0.4) is 0 Å². The van der Waals surface area contributed by atoms with Crippen LogP contribution in [0.5, 0.6) is 0 Å². The van der Waals surface area contributed by atoms with Gasteiger partial charge < -0.3 is 5.32 Å². The van der Waals surface area contributed by atoms with E-state index < -0.39 is 0 Å². The normalized spacial score (nSPS) is 10.3. The molecule has 0 saturated carbocycles. The van der Waals surface area contributed by atoms with E-state index in [-0.39, 0.29) is 15.4 Å². The average Bonchev–Trinajstić information content (AvgIpc) is 2.69. The molecule has 0 bridgehead atoms. The largest absolute Gasteiger partial charge is 0.319 e. The second kappa shape index (κ2) is 5.12. The zero-order valence-corrected chi connectivity index (χ0v) is 11.9. The van der Waals surface area contributed by atoms with E-state index in [2.05, 4.69) is 31.4 Å². The molecule has 1 amide bonds. The van der Waals surface area contributed by atoms with Crippen LogP contribution in [-0.2, 0) is 0 Å². The molecule has 0 aliphatic heterocycles. The van der Waals surface area contributed by atoms with Gasteiger partial charge in [0.25, 0.3) is 5.91 Å². The molecule has 7 heteroatoms. The first-order valence-corrected chi connectivity index (χ1v) is 6.61. The average molecular weight is 333 g/mol. The van der Waals surface area contributed by atoms with E-state index in [9.17, 15) is 4.79 Å². The maximum absolute atomic E-state index is 11.8. The molecule has 0 atom stereocenters. The Bertz CT molecular complexity index is 572. The zero-order chi connectivity index (χ0) is 12.4. The summed E-state index contributed by atoms with van der Waals surface area (Å²) in [7, 11) is 0. The van der Waals surface area contributed by atoms with Crippen molar-refractivity contribution in [2.24, 2.45) is 0 Å². The van der Waals surface area contributed by atoms with Crippen LogP contribution in [0.2, 0.25) is 4.47 Å². The van der Waals surface area contributed by atoms with Gasteiger partial charge in [0, 0.05) is 4.47 Å². The summed E-state index contributed by atoms with van der Waals surface area (Å²) in [6.07, 6.45) is 0. The van der Waals surface area contributed by atoms with Gasteiger partial charge in [0.2, 0.25) is 9.47 Å². The van der Waals surface area contributed by atoms with Crippen molar-refractivity contribution in [2.75, 3.05) is 5.32 Å². The van der Waals surface area contributed by atoms with E-state index in [1.165, 1.54) is 0 Å². The first-order valence-electron chi connectivity index (χ1n) is 4.63. The van der Waals surface area contributed by atoms with Gasteiger partial charge in [-0.1, -0.05) is 17.4 Å². The van der Waals surface area contributed by atoms with E-state index in [4.69, 9.17) is 11.6 Å². The van der Waals surface area contributed by atoms with E-state index in [0.29, 0.717) is 5.69 Å². The van der Waals surface area contributed by atoms with Crippen LogP contribution in [0, 0.1) is 6.92 Å². The molecule has 4 nitrogen and oxygen atoms in total. The molecule has 1 heterocycles. The molecule has 0 radical (unpaired) electrons.